The molecule has 1 heterocycles. The standard InChI is InChI=1S/C19H24N2O3/c1-3-12-4-5-13-11-18(8-6-14(24-2)7-9-18)19(15(13)10-12)16(22)20-17(23)21-19/h4-5,10,14H,3,6-9,11H2,1-2H3,(H2,20,21,22,23)/t14-,18-,19?. The molecule has 3 amide bonds. The third kappa shape index (κ3) is 1.91. The molecule has 1 saturated heterocycles. The molecule has 0 radical (unpaired) electrons. The number of carbonyl (C=O) groups is 2. The van der Waals surface area contributed by atoms with Crippen molar-refractivity contribution in [1.82, 2.24) is 10.6 Å². The number of amides is 3. The predicted octanol–water partition coefficient (Wildman–Crippen LogP) is 2.42. The van der Waals surface area contributed by atoms with Gasteiger partial charge in [-0.25, -0.2) is 4.79 Å². The molecule has 1 aromatic rings. The monoisotopic (exact) mass is 328 g/mol. The molecule has 2 N–H and O–H groups in total. The van der Waals surface area contributed by atoms with Crippen LogP contribution in [0.25, 0.3) is 0 Å². The zero-order valence-corrected chi connectivity index (χ0v) is 14.3. The van der Waals surface area contributed by atoms with Crippen molar-refractivity contribution >= 4 is 11.9 Å². The number of benzene rings is 1. The molecule has 24 heavy (non-hydrogen) atoms. The number of rotatable bonds is 2. The topological polar surface area (TPSA) is 67.4 Å². The summed E-state index contributed by atoms with van der Waals surface area (Å²) in [6.07, 6.45) is 5.63. The molecule has 1 atom stereocenters. The summed E-state index contributed by atoms with van der Waals surface area (Å²) in [5.41, 5.74) is 2.24. The normalized spacial score (nSPS) is 34.5. The minimum absolute atomic E-state index is 0.185. The Labute approximate surface area is 142 Å². The Morgan fingerprint density at radius 2 is 2.00 bits per heavy atom. The van der Waals surface area contributed by atoms with E-state index >= 15 is 0 Å². The molecule has 4 rings (SSSR count). The van der Waals surface area contributed by atoms with Gasteiger partial charge < -0.3 is 10.1 Å². The molecule has 2 fully saturated rings. The summed E-state index contributed by atoms with van der Waals surface area (Å²) in [6, 6.07) is 6.03. The number of fused-ring (bicyclic) bond motifs is 3. The summed E-state index contributed by atoms with van der Waals surface area (Å²) in [5, 5.41) is 5.54. The summed E-state index contributed by atoms with van der Waals surface area (Å²) in [6.45, 7) is 2.11. The molecule has 5 nitrogen and oxygen atoms in total. The predicted molar refractivity (Wildman–Crippen MR) is 89.6 cm³/mol. The van der Waals surface area contributed by atoms with Crippen LogP contribution in [0.1, 0.15) is 49.3 Å². The van der Waals surface area contributed by atoms with Crippen LogP contribution in [0.4, 0.5) is 4.79 Å². The lowest BCUT2D eigenvalue weighted by atomic mass is 9.61. The molecule has 1 aliphatic heterocycles. The first kappa shape index (κ1) is 15.6. The van der Waals surface area contributed by atoms with Gasteiger partial charge in [0.25, 0.3) is 5.91 Å². The van der Waals surface area contributed by atoms with Crippen molar-refractivity contribution in [3.8, 4) is 0 Å². The lowest BCUT2D eigenvalue weighted by molar-refractivity contribution is -0.131. The van der Waals surface area contributed by atoms with Gasteiger partial charge in [0, 0.05) is 12.5 Å². The molecule has 1 saturated carbocycles. The third-order valence-electron chi connectivity index (χ3n) is 6.40. The maximum atomic E-state index is 13.0. The van der Waals surface area contributed by atoms with Gasteiger partial charge in [0.05, 0.1) is 6.10 Å². The Hall–Kier alpha value is -1.88. The molecule has 0 bridgehead atoms. The number of aryl methyl sites for hydroxylation is 1. The van der Waals surface area contributed by atoms with Crippen LogP contribution in [0.3, 0.4) is 0 Å². The van der Waals surface area contributed by atoms with Crippen molar-refractivity contribution in [2.24, 2.45) is 5.41 Å². The van der Waals surface area contributed by atoms with Gasteiger partial charge in [-0.05, 0) is 55.2 Å². The Morgan fingerprint density at radius 3 is 2.58 bits per heavy atom. The average molecular weight is 328 g/mol. The van der Waals surface area contributed by atoms with E-state index in [9.17, 15) is 9.59 Å². The highest BCUT2D eigenvalue weighted by atomic mass is 16.5. The van der Waals surface area contributed by atoms with Crippen LogP contribution < -0.4 is 10.6 Å². The van der Waals surface area contributed by atoms with Crippen molar-refractivity contribution < 1.29 is 14.3 Å². The molecular formula is C19H24N2O3. The Morgan fingerprint density at radius 1 is 1.25 bits per heavy atom. The van der Waals surface area contributed by atoms with Crippen molar-refractivity contribution in [3.63, 3.8) is 0 Å². The van der Waals surface area contributed by atoms with Crippen LogP contribution >= 0.6 is 0 Å². The van der Waals surface area contributed by atoms with Crippen molar-refractivity contribution in [1.29, 1.82) is 0 Å². The number of methoxy groups -OCH3 is 1. The number of ether oxygens (including phenoxy) is 1. The molecule has 0 aromatic heterocycles. The minimum Gasteiger partial charge on any atom is -0.381 e. The Balaban J connectivity index is 1.84. The smallest absolute Gasteiger partial charge is 0.322 e. The van der Waals surface area contributed by atoms with Crippen molar-refractivity contribution in [2.45, 2.75) is 57.1 Å². The second kappa shape index (κ2) is 5.31. The first-order valence-electron chi connectivity index (χ1n) is 8.83. The Kier molecular flexibility index (Phi) is 3.46. The number of hydrogen-bond donors (Lipinski definition) is 2. The zero-order valence-electron chi connectivity index (χ0n) is 14.3. The molecule has 5 heteroatoms. The number of urea groups is 1. The zero-order chi connectivity index (χ0) is 16.9. The minimum atomic E-state index is -0.913. The molecular weight excluding hydrogens is 304 g/mol. The van der Waals surface area contributed by atoms with E-state index in [0.717, 1.165) is 44.1 Å². The van der Waals surface area contributed by atoms with Gasteiger partial charge in [-0.15, -0.1) is 0 Å². The molecule has 1 aromatic carbocycles. The van der Waals surface area contributed by atoms with Gasteiger partial charge in [0.2, 0.25) is 0 Å². The van der Waals surface area contributed by atoms with Crippen LogP contribution in [0.5, 0.6) is 0 Å². The van der Waals surface area contributed by atoms with E-state index < -0.39 is 5.54 Å². The van der Waals surface area contributed by atoms with Crippen molar-refractivity contribution in [3.05, 3.63) is 34.9 Å². The second-order valence-corrected chi connectivity index (χ2v) is 7.40. The second-order valence-electron chi connectivity index (χ2n) is 7.40. The average Bonchev–Trinajstić information content (AvgIpc) is 3.04. The van der Waals surface area contributed by atoms with E-state index in [4.69, 9.17) is 4.74 Å². The number of nitrogens with one attached hydrogen (secondary N) is 2. The van der Waals surface area contributed by atoms with E-state index in [2.05, 4.69) is 35.8 Å². The molecule has 3 aliphatic rings. The largest absolute Gasteiger partial charge is 0.381 e. The van der Waals surface area contributed by atoms with Gasteiger partial charge in [-0.2, -0.15) is 0 Å². The Bertz CT molecular complexity index is 707. The van der Waals surface area contributed by atoms with E-state index in [0.29, 0.717) is 0 Å². The summed E-state index contributed by atoms with van der Waals surface area (Å²) in [5.74, 6) is -0.185. The van der Waals surface area contributed by atoms with E-state index in [1.54, 1.807) is 7.11 Å². The van der Waals surface area contributed by atoms with Gasteiger partial charge in [-0.3, -0.25) is 10.1 Å². The first-order chi connectivity index (χ1) is 11.5. The summed E-state index contributed by atoms with van der Waals surface area (Å²) < 4.78 is 5.52. The molecule has 2 spiro atoms. The third-order valence-corrected chi connectivity index (χ3v) is 6.40. The lowest BCUT2D eigenvalue weighted by Crippen LogP contribution is -2.56. The summed E-state index contributed by atoms with van der Waals surface area (Å²) in [7, 11) is 1.75. The number of hydrogen-bond acceptors (Lipinski definition) is 3. The highest BCUT2D eigenvalue weighted by Gasteiger charge is 2.66. The van der Waals surface area contributed by atoms with Gasteiger partial charge in [0.1, 0.15) is 0 Å². The molecule has 2 aliphatic carbocycles. The number of carbonyl (C=O) groups excluding carboxylic acids is 2. The maximum Gasteiger partial charge on any atom is 0.322 e. The fourth-order valence-corrected chi connectivity index (χ4v) is 5.08. The van der Waals surface area contributed by atoms with Crippen LogP contribution in [0, 0.1) is 5.41 Å². The fourth-order valence-electron chi connectivity index (χ4n) is 5.08. The fraction of sp³-hybridized carbons (Fsp3) is 0.579. The van der Waals surface area contributed by atoms with Crippen molar-refractivity contribution in [2.75, 3.05) is 7.11 Å². The SMILES string of the molecule is CCc1ccc2c(c1)C1(NC(=O)NC1=O)[C@]1(CC[C@H](OC)CC1)C2. The van der Waals surface area contributed by atoms with Crippen LogP contribution in [0.2, 0.25) is 0 Å². The van der Waals surface area contributed by atoms with E-state index in [1.807, 2.05) is 0 Å². The summed E-state index contributed by atoms with van der Waals surface area (Å²) >= 11 is 0. The summed E-state index contributed by atoms with van der Waals surface area (Å²) in [4.78, 5) is 25.0. The van der Waals surface area contributed by atoms with E-state index in [-0.39, 0.29) is 23.5 Å². The highest BCUT2D eigenvalue weighted by molar-refractivity contribution is 6.08. The molecule has 1 unspecified atom stereocenters. The highest BCUT2D eigenvalue weighted by Crippen LogP contribution is 2.59. The quantitative estimate of drug-likeness (QED) is 0.819. The van der Waals surface area contributed by atoms with Gasteiger partial charge >= 0.3 is 6.03 Å². The number of imide groups is 1. The lowest BCUT2D eigenvalue weighted by Gasteiger charge is -2.46. The van der Waals surface area contributed by atoms with E-state index in [1.165, 1.54) is 11.1 Å². The van der Waals surface area contributed by atoms with Crippen LogP contribution in [-0.4, -0.2) is 25.2 Å². The first-order valence-corrected chi connectivity index (χ1v) is 8.83. The van der Waals surface area contributed by atoms with Crippen LogP contribution in [-0.2, 0) is 27.9 Å². The maximum absolute atomic E-state index is 13.0. The molecule has 128 valence electrons. The van der Waals surface area contributed by atoms with Crippen LogP contribution in [0.15, 0.2) is 18.2 Å². The van der Waals surface area contributed by atoms with Gasteiger partial charge in [-0.1, -0.05) is 25.1 Å². The van der Waals surface area contributed by atoms with Gasteiger partial charge in [0.15, 0.2) is 5.54 Å².